The molecular formula is C21H20N2O2S. The third kappa shape index (κ3) is 2.89. The summed E-state index contributed by atoms with van der Waals surface area (Å²) in [5, 5.41) is 17.4. The van der Waals surface area contributed by atoms with Gasteiger partial charge < -0.3 is 15.4 Å². The Balaban J connectivity index is 1.87. The van der Waals surface area contributed by atoms with Crippen LogP contribution in [-0.4, -0.2) is 23.7 Å². The predicted molar refractivity (Wildman–Crippen MR) is 109 cm³/mol. The molecule has 0 fully saturated rings. The van der Waals surface area contributed by atoms with Crippen molar-refractivity contribution in [3.05, 3.63) is 63.8 Å². The Morgan fingerprint density at radius 2 is 1.92 bits per heavy atom. The highest BCUT2D eigenvalue weighted by Gasteiger charge is 2.15. The highest BCUT2D eigenvalue weighted by Crippen LogP contribution is 2.39. The van der Waals surface area contributed by atoms with Crippen LogP contribution in [0.1, 0.15) is 12.0 Å². The summed E-state index contributed by atoms with van der Waals surface area (Å²) in [6.07, 6.45) is 2.11. The van der Waals surface area contributed by atoms with Gasteiger partial charge in [-0.1, -0.05) is 24.3 Å². The van der Waals surface area contributed by atoms with Gasteiger partial charge in [0.25, 0.3) is 5.56 Å². The van der Waals surface area contributed by atoms with Gasteiger partial charge in [0.2, 0.25) is 0 Å². The first-order valence-corrected chi connectivity index (χ1v) is 9.56. The first-order chi connectivity index (χ1) is 12.7. The first-order valence-electron chi connectivity index (χ1n) is 8.68. The Morgan fingerprint density at radius 1 is 1.12 bits per heavy atom. The molecule has 5 heteroatoms. The number of phenolic OH excluding ortho intramolecular Hbond substituents is 1. The van der Waals surface area contributed by atoms with Gasteiger partial charge in [-0.2, -0.15) is 0 Å². The molecule has 0 spiro atoms. The van der Waals surface area contributed by atoms with Crippen molar-refractivity contribution >= 4 is 32.3 Å². The van der Waals surface area contributed by atoms with Crippen LogP contribution in [0.2, 0.25) is 0 Å². The maximum absolute atomic E-state index is 12.2. The van der Waals surface area contributed by atoms with Crippen LogP contribution in [-0.2, 0) is 6.42 Å². The van der Waals surface area contributed by atoms with Gasteiger partial charge >= 0.3 is 0 Å². The molecule has 0 aliphatic rings. The lowest BCUT2D eigenvalue weighted by Crippen LogP contribution is -2.08. The van der Waals surface area contributed by atoms with Crippen molar-refractivity contribution in [1.29, 1.82) is 0 Å². The number of pyridine rings is 1. The number of nitrogens with one attached hydrogen (secondary N) is 2. The molecule has 0 bridgehead atoms. The minimum atomic E-state index is -0.0842. The molecule has 2 aromatic carbocycles. The summed E-state index contributed by atoms with van der Waals surface area (Å²) in [6, 6.07) is 13.7. The van der Waals surface area contributed by atoms with E-state index in [4.69, 9.17) is 0 Å². The van der Waals surface area contributed by atoms with Crippen LogP contribution in [0.25, 0.3) is 32.1 Å². The molecule has 0 aliphatic carbocycles. The molecule has 26 heavy (non-hydrogen) atoms. The van der Waals surface area contributed by atoms with Crippen LogP contribution in [0.5, 0.6) is 5.75 Å². The highest BCUT2D eigenvalue weighted by atomic mass is 32.1. The molecular weight excluding hydrogens is 344 g/mol. The summed E-state index contributed by atoms with van der Waals surface area (Å²) in [4.78, 5) is 15.2. The number of H-pyrrole nitrogens is 1. The van der Waals surface area contributed by atoms with Crippen molar-refractivity contribution in [3.8, 4) is 16.9 Å². The molecule has 4 aromatic rings. The Hall–Kier alpha value is -2.63. The van der Waals surface area contributed by atoms with E-state index < -0.39 is 0 Å². The lowest BCUT2D eigenvalue weighted by atomic mass is 9.96. The number of phenols is 1. The number of aromatic nitrogens is 1. The summed E-state index contributed by atoms with van der Waals surface area (Å²) in [5.74, 6) is 0.222. The van der Waals surface area contributed by atoms with Crippen molar-refractivity contribution < 1.29 is 5.11 Å². The molecule has 2 heterocycles. The van der Waals surface area contributed by atoms with E-state index in [0.717, 1.165) is 46.8 Å². The Bertz CT molecular complexity index is 1130. The zero-order valence-electron chi connectivity index (χ0n) is 14.5. The molecule has 132 valence electrons. The van der Waals surface area contributed by atoms with Gasteiger partial charge in [0.05, 0.1) is 0 Å². The molecule has 3 N–H and O–H groups in total. The van der Waals surface area contributed by atoms with Gasteiger partial charge in [0.15, 0.2) is 0 Å². The van der Waals surface area contributed by atoms with Crippen molar-refractivity contribution in [2.75, 3.05) is 13.6 Å². The SMILES string of the molecule is CNCCCc1ccc(-c2c(O)ccc3[nH]c(=O)c4sccc4c23)cc1. The number of rotatable bonds is 5. The molecule has 0 aliphatic heterocycles. The maximum Gasteiger partial charge on any atom is 0.266 e. The molecule has 0 saturated carbocycles. The number of benzene rings is 2. The second kappa shape index (κ2) is 6.94. The van der Waals surface area contributed by atoms with Crippen LogP contribution in [0.3, 0.4) is 0 Å². The number of thiophene rings is 1. The third-order valence-corrected chi connectivity index (χ3v) is 5.62. The van der Waals surface area contributed by atoms with Crippen LogP contribution in [0.15, 0.2) is 52.6 Å². The number of hydrogen-bond acceptors (Lipinski definition) is 4. The van der Waals surface area contributed by atoms with E-state index in [1.54, 1.807) is 12.1 Å². The number of hydrogen-bond donors (Lipinski definition) is 3. The minimum Gasteiger partial charge on any atom is -0.507 e. The molecule has 4 rings (SSSR count). The van der Waals surface area contributed by atoms with Crippen molar-refractivity contribution in [3.63, 3.8) is 0 Å². The van der Waals surface area contributed by atoms with Crippen molar-refractivity contribution in [2.45, 2.75) is 12.8 Å². The van der Waals surface area contributed by atoms with Crippen LogP contribution in [0, 0.1) is 0 Å². The molecule has 0 amide bonds. The number of aromatic hydroxyl groups is 1. The van der Waals surface area contributed by atoms with E-state index in [1.807, 2.05) is 30.6 Å². The third-order valence-electron chi connectivity index (χ3n) is 4.71. The fourth-order valence-corrected chi connectivity index (χ4v) is 4.23. The maximum atomic E-state index is 12.2. The fraction of sp³-hybridized carbons (Fsp3) is 0.190. The van der Waals surface area contributed by atoms with Crippen molar-refractivity contribution in [1.82, 2.24) is 10.3 Å². The van der Waals surface area contributed by atoms with Gasteiger partial charge in [0.1, 0.15) is 10.4 Å². The van der Waals surface area contributed by atoms with Gasteiger partial charge in [-0.05, 0) is 61.1 Å². The van der Waals surface area contributed by atoms with Gasteiger partial charge in [-0.25, -0.2) is 0 Å². The van der Waals surface area contributed by atoms with E-state index in [-0.39, 0.29) is 11.3 Å². The second-order valence-corrected chi connectivity index (χ2v) is 7.32. The summed E-state index contributed by atoms with van der Waals surface area (Å²) in [5.41, 5.74) is 3.65. The Labute approximate surface area is 155 Å². The number of aromatic amines is 1. The molecule has 2 aromatic heterocycles. The van der Waals surface area contributed by atoms with E-state index >= 15 is 0 Å². The molecule has 0 saturated heterocycles. The van der Waals surface area contributed by atoms with Crippen LogP contribution in [0.4, 0.5) is 0 Å². The Morgan fingerprint density at radius 3 is 2.69 bits per heavy atom. The largest absolute Gasteiger partial charge is 0.507 e. The Kier molecular flexibility index (Phi) is 4.49. The van der Waals surface area contributed by atoms with E-state index in [0.29, 0.717) is 4.70 Å². The number of fused-ring (bicyclic) bond motifs is 3. The summed E-state index contributed by atoms with van der Waals surface area (Å²) in [6.45, 7) is 0.995. The summed E-state index contributed by atoms with van der Waals surface area (Å²) in [7, 11) is 1.96. The van der Waals surface area contributed by atoms with Crippen LogP contribution >= 0.6 is 11.3 Å². The molecule has 0 unspecified atom stereocenters. The topological polar surface area (TPSA) is 65.1 Å². The molecule has 0 radical (unpaired) electrons. The smallest absolute Gasteiger partial charge is 0.266 e. The van der Waals surface area contributed by atoms with Gasteiger partial charge in [0, 0.05) is 21.9 Å². The molecule has 0 atom stereocenters. The second-order valence-electron chi connectivity index (χ2n) is 6.40. The summed E-state index contributed by atoms with van der Waals surface area (Å²) >= 11 is 1.42. The van der Waals surface area contributed by atoms with Crippen molar-refractivity contribution in [2.24, 2.45) is 0 Å². The van der Waals surface area contributed by atoms with E-state index in [1.165, 1.54) is 16.9 Å². The zero-order chi connectivity index (χ0) is 18.1. The normalized spacial score (nSPS) is 11.4. The highest BCUT2D eigenvalue weighted by molar-refractivity contribution is 7.17. The first kappa shape index (κ1) is 16.8. The lowest BCUT2D eigenvalue weighted by molar-refractivity contribution is 0.478. The average Bonchev–Trinajstić information content (AvgIpc) is 3.14. The van der Waals surface area contributed by atoms with E-state index in [2.05, 4.69) is 22.4 Å². The number of aryl methyl sites for hydroxylation is 1. The monoisotopic (exact) mass is 364 g/mol. The standard InChI is InChI=1S/C21H20N2O2S/c1-22-11-2-3-13-4-6-14(7-5-13)18-17(24)9-8-16-19(18)15-10-12-26-20(15)21(25)23-16/h4-10,12,22,24H,2-3,11H2,1H3,(H,23,25). The fourth-order valence-electron chi connectivity index (χ4n) is 3.44. The predicted octanol–water partition coefficient (Wildman–Crippen LogP) is 4.27. The zero-order valence-corrected chi connectivity index (χ0v) is 15.3. The average molecular weight is 364 g/mol. The van der Waals surface area contributed by atoms with Crippen LogP contribution < -0.4 is 10.9 Å². The van der Waals surface area contributed by atoms with Gasteiger partial charge in [-0.15, -0.1) is 11.3 Å². The minimum absolute atomic E-state index is 0.0842. The van der Waals surface area contributed by atoms with E-state index in [9.17, 15) is 9.90 Å². The lowest BCUT2D eigenvalue weighted by Gasteiger charge is -2.11. The molecule has 4 nitrogen and oxygen atoms in total. The summed E-state index contributed by atoms with van der Waals surface area (Å²) < 4.78 is 0.688. The quantitative estimate of drug-likeness (QED) is 0.464. The van der Waals surface area contributed by atoms with Gasteiger partial charge in [-0.3, -0.25) is 4.79 Å².